The first-order valence-electron chi connectivity index (χ1n) is 2.88. The molecule has 1 atom stereocenters. The van der Waals surface area contributed by atoms with Crippen LogP contribution in [0.1, 0.15) is 13.3 Å². The molecule has 53 valence electrons. The molecule has 0 spiro atoms. The van der Waals surface area contributed by atoms with Crippen LogP contribution in [-0.4, -0.2) is 18.4 Å². The predicted molar refractivity (Wildman–Crippen MR) is 31.4 cm³/mol. The first kappa shape index (κ1) is 9.29. The number of rotatable bonds is 1. The van der Waals surface area contributed by atoms with E-state index in [4.69, 9.17) is 0 Å². The van der Waals surface area contributed by atoms with Gasteiger partial charge in [0.2, 0.25) is 0 Å². The minimum atomic E-state index is 0. The third-order valence-electron chi connectivity index (χ3n) is 1.35. The van der Waals surface area contributed by atoms with Gasteiger partial charge in [-0.2, -0.15) is 6.42 Å². The van der Waals surface area contributed by atoms with E-state index in [1.165, 1.54) is 0 Å². The molecule has 3 heteroatoms. The Kier molecular flexibility index (Phi) is 4.30. The third kappa shape index (κ3) is 2.57. The topological polar surface area (TPSA) is 29.1 Å². The summed E-state index contributed by atoms with van der Waals surface area (Å²) < 4.78 is 0. The van der Waals surface area contributed by atoms with Gasteiger partial charge in [-0.25, -0.2) is 0 Å². The van der Waals surface area contributed by atoms with Crippen molar-refractivity contribution in [2.75, 3.05) is 6.54 Å². The molecule has 1 saturated heterocycles. The Hall–Kier alpha value is 0.292. The maximum Gasteiger partial charge on any atom is 0.116 e. The van der Waals surface area contributed by atoms with E-state index < -0.39 is 0 Å². The molecule has 9 heavy (non-hydrogen) atoms. The smallest absolute Gasteiger partial charge is 0.116 e. The van der Waals surface area contributed by atoms with Crippen LogP contribution in [0.5, 0.6) is 0 Å². The summed E-state index contributed by atoms with van der Waals surface area (Å²) >= 11 is 0. The zero-order chi connectivity index (χ0) is 5.98. The fourth-order valence-corrected chi connectivity index (χ4v) is 0.882. The molecular formula is C6H10NORe-. The molecule has 0 saturated carbocycles. The fraction of sp³-hybridized carbons (Fsp3) is 0.667. The van der Waals surface area contributed by atoms with Crippen LogP contribution >= 0.6 is 0 Å². The standard InChI is InChI=1S/C6H10NO.Re/c1-5(8)6-3-2-4-7-6;/h3,6-7H,2,4H2,1H3;/q-1;. The summed E-state index contributed by atoms with van der Waals surface area (Å²) in [4.78, 5) is 10.6. The van der Waals surface area contributed by atoms with Gasteiger partial charge in [-0.3, -0.25) is 0 Å². The maximum absolute atomic E-state index is 10.6. The molecule has 0 aromatic rings. The average Bonchev–Trinajstić information content (AvgIpc) is 2.12. The van der Waals surface area contributed by atoms with Gasteiger partial charge in [0.25, 0.3) is 0 Å². The van der Waals surface area contributed by atoms with E-state index in [2.05, 4.69) is 5.32 Å². The number of carbonyl (C=O) groups is 1. The van der Waals surface area contributed by atoms with Gasteiger partial charge >= 0.3 is 0 Å². The van der Waals surface area contributed by atoms with Gasteiger partial charge in [0, 0.05) is 20.4 Å². The van der Waals surface area contributed by atoms with Crippen molar-refractivity contribution in [2.45, 2.75) is 19.4 Å². The van der Waals surface area contributed by atoms with E-state index >= 15 is 0 Å². The molecule has 1 fully saturated rings. The molecule has 1 heterocycles. The second-order valence-electron chi connectivity index (χ2n) is 2.07. The molecule has 0 amide bonds. The number of nitrogens with one attached hydrogen (secondary N) is 1. The maximum atomic E-state index is 10.6. The quantitative estimate of drug-likeness (QED) is 0.698. The Morgan fingerprint density at radius 1 is 1.78 bits per heavy atom. The molecule has 1 aliphatic rings. The van der Waals surface area contributed by atoms with Crippen LogP contribution in [0.15, 0.2) is 0 Å². The Labute approximate surface area is 69.0 Å². The van der Waals surface area contributed by atoms with E-state index in [0.29, 0.717) is 0 Å². The van der Waals surface area contributed by atoms with Gasteiger partial charge in [0.1, 0.15) is 5.78 Å². The molecular weight excluding hydrogens is 288 g/mol. The van der Waals surface area contributed by atoms with Crippen molar-refractivity contribution in [3.8, 4) is 0 Å². The van der Waals surface area contributed by atoms with E-state index in [-0.39, 0.29) is 32.2 Å². The van der Waals surface area contributed by atoms with E-state index in [9.17, 15) is 4.79 Å². The van der Waals surface area contributed by atoms with Crippen molar-refractivity contribution >= 4 is 5.78 Å². The van der Waals surface area contributed by atoms with Gasteiger partial charge in [0.15, 0.2) is 0 Å². The zero-order valence-corrected chi connectivity index (χ0v) is 8.07. The minimum Gasteiger partial charge on any atom is -0.339 e. The molecule has 1 N–H and O–H groups in total. The number of ketones is 1. The van der Waals surface area contributed by atoms with Crippen molar-refractivity contribution in [3.63, 3.8) is 0 Å². The number of hydrogen-bond donors (Lipinski definition) is 1. The molecule has 1 unspecified atom stereocenters. The Balaban J connectivity index is 0.000000640. The van der Waals surface area contributed by atoms with Crippen molar-refractivity contribution in [1.29, 1.82) is 0 Å². The number of hydrogen-bond acceptors (Lipinski definition) is 2. The molecule has 1 radical (unpaired) electrons. The summed E-state index contributed by atoms with van der Waals surface area (Å²) in [6.45, 7) is 2.57. The first-order chi connectivity index (χ1) is 3.80. The largest absolute Gasteiger partial charge is 0.339 e. The Bertz CT molecular complexity index is 99.2. The monoisotopic (exact) mass is 299 g/mol. The molecule has 0 aromatic carbocycles. The Morgan fingerprint density at radius 3 is 2.67 bits per heavy atom. The van der Waals surface area contributed by atoms with Gasteiger partial charge in [-0.15, -0.1) is 0 Å². The first-order valence-corrected chi connectivity index (χ1v) is 2.88. The summed E-state index contributed by atoms with van der Waals surface area (Å²) in [5, 5.41) is 3.05. The summed E-state index contributed by atoms with van der Waals surface area (Å²) in [5.41, 5.74) is 0. The number of Topliss-reactive ketones (excluding diaryl/α,β-unsaturated/α-hetero) is 1. The van der Waals surface area contributed by atoms with Crippen LogP contribution in [0, 0.1) is 6.42 Å². The van der Waals surface area contributed by atoms with Crippen molar-refractivity contribution in [2.24, 2.45) is 0 Å². The van der Waals surface area contributed by atoms with E-state index in [1.807, 2.05) is 6.42 Å². The summed E-state index contributed by atoms with van der Waals surface area (Å²) in [6, 6.07) is 0.0509. The van der Waals surface area contributed by atoms with Gasteiger partial charge < -0.3 is 16.5 Å². The van der Waals surface area contributed by atoms with E-state index in [1.54, 1.807) is 6.92 Å². The minimum absolute atomic E-state index is 0. The summed E-state index contributed by atoms with van der Waals surface area (Å²) in [5.74, 6) is 0.225. The van der Waals surface area contributed by atoms with Crippen molar-refractivity contribution in [1.82, 2.24) is 5.32 Å². The predicted octanol–water partition coefficient (Wildman–Crippen LogP) is 0.139. The van der Waals surface area contributed by atoms with Crippen LogP contribution in [-0.2, 0) is 25.2 Å². The zero-order valence-electron chi connectivity index (χ0n) is 5.36. The van der Waals surface area contributed by atoms with E-state index in [0.717, 1.165) is 13.0 Å². The molecule has 1 rings (SSSR count). The van der Waals surface area contributed by atoms with Crippen molar-refractivity contribution in [3.05, 3.63) is 6.42 Å². The van der Waals surface area contributed by atoms with Crippen molar-refractivity contribution < 1.29 is 25.2 Å². The summed E-state index contributed by atoms with van der Waals surface area (Å²) in [7, 11) is 0. The second kappa shape index (κ2) is 4.16. The fourth-order valence-electron chi connectivity index (χ4n) is 0.882. The normalized spacial score (nSPS) is 25.2. The molecule has 1 aliphatic heterocycles. The number of carbonyl (C=O) groups excluding carboxylic acids is 1. The molecule has 0 aliphatic carbocycles. The van der Waals surface area contributed by atoms with Gasteiger partial charge in [-0.05, 0) is 13.5 Å². The molecule has 0 bridgehead atoms. The van der Waals surface area contributed by atoms with Gasteiger partial charge in [-0.1, -0.05) is 6.04 Å². The van der Waals surface area contributed by atoms with Crippen LogP contribution in [0.3, 0.4) is 0 Å². The molecule has 0 aromatic heterocycles. The van der Waals surface area contributed by atoms with Crippen LogP contribution in [0.25, 0.3) is 0 Å². The third-order valence-corrected chi connectivity index (χ3v) is 1.35. The van der Waals surface area contributed by atoms with Crippen LogP contribution < -0.4 is 5.32 Å². The summed E-state index contributed by atoms with van der Waals surface area (Å²) in [6.07, 6.45) is 3.05. The Morgan fingerprint density at radius 2 is 2.44 bits per heavy atom. The second-order valence-corrected chi connectivity index (χ2v) is 2.07. The van der Waals surface area contributed by atoms with Gasteiger partial charge in [0.05, 0.1) is 0 Å². The SMILES string of the molecule is CC(=O)C1[CH-]CCN1.[Re]. The molecule has 2 nitrogen and oxygen atoms in total. The van der Waals surface area contributed by atoms with Crippen LogP contribution in [0.2, 0.25) is 0 Å². The average molecular weight is 298 g/mol. The van der Waals surface area contributed by atoms with Crippen LogP contribution in [0.4, 0.5) is 0 Å².